The summed E-state index contributed by atoms with van der Waals surface area (Å²) in [4.78, 5) is 50.5. The van der Waals surface area contributed by atoms with E-state index in [2.05, 4.69) is 100 Å². The zero-order valence-electron chi connectivity index (χ0n) is 57.5. The number of rotatable bonds is 11. The second-order valence-corrected chi connectivity index (χ2v) is 29.5. The highest BCUT2D eigenvalue weighted by Gasteiger charge is 2.49. The summed E-state index contributed by atoms with van der Waals surface area (Å²) >= 11 is 0. The number of aromatic nitrogens is 16. The fourth-order valence-electron chi connectivity index (χ4n) is 15.9. The first-order valence-electron chi connectivity index (χ1n) is 34.6. The molecule has 8 bridgehead atoms. The second kappa shape index (κ2) is 25.7. The van der Waals surface area contributed by atoms with Crippen molar-refractivity contribution in [3.8, 4) is 44.5 Å². The fourth-order valence-corrected chi connectivity index (χ4v) is 17.2. The molecular formula is C78H66N20O7S. The van der Waals surface area contributed by atoms with Gasteiger partial charge in [0, 0.05) is 169 Å². The lowest BCUT2D eigenvalue weighted by molar-refractivity contribution is -0.122. The van der Waals surface area contributed by atoms with E-state index in [1.54, 1.807) is 67.6 Å². The molecule has 4 fully saturated rings. The van der Waals surface area contributed by atoms with Crippen molar-refractivity contribution in [1.82, 2.24) is 78.0 Å². The third-order valence-electron chi connectivity index (χ3n) is 21.2. The predicted octanol–water partition coefficient (Wildman–Crippen LogP) is 10.7. The Morgan fingerprint density at radius 3 is 1.13 bits per heavy atom. The number of aryl methyl sites for hydroxylation is 4. The van der Waals surface area contributed by atoms with E-state index >= 15 is 0 Å². The lowest BCUT2D eigenvalue weighted by Gasteiger charge is -2.15. The van der Waals surface area contributed by atoms with Gasteiger partial charge in [-0.2, -0.15) is 20.4 Å². The molecule has 8 aliphatic rings. The standard InChI is InChI=1S/C24H19N5O3S.C18H17N5O2.2C18H15N5O/c1-25-21-10-22-18(9-23(21)32-22)15-8-19-20(16-12-27-28(2)13-16)14-29(24(19)26-11-15)33(30,31)17-6-4-3-5-7-17;1-23-8-10(6-22-23)14-7-21-18-12(14)2-9(5-20-18)11-3-16-13(17(19)24)4-15(11)25-16;2*1-19-15-5-16-12(4-17(15)24-16)10-3-13-14(8-21-18(13)20-6-10)11-7-22-23(2)9-11/h3-9,11-14,21-23H,10H2,2H3;2-3,5-8,13,15-16H,4H2,1H3,(H2,19,24)(H,20,21);2*3-4,6-9,15-17H,5H2,2H3,(H,20,21)/t21?,22-,23-;13?,15-,16-;15-,16+,17+;15-,16-,17-/m1101/s1. The molecule has 0 saturated carbocycles. The Kier molecular flexibility index (Phi) is 15.9. The topological polar surface area (TPSA) is 302 Å². The van der Waals surface area contributed by atoms with Crippen LogP contribution in [0.1, 0.15) is 47.9 Å². The number of hydrogen-bond donors (Lipinski definition) is 4. The van der Waals surface area contributed by atoms with Crippen molar-refractivity contribution in [3.63, 3.8) is 0 Å². The summed E-state index contributed by atoms with van der Waals surface area (Å²) in [7, 11) is 3.69. The van der Waals surface area contributed by atoms with Crippen molar-refractivity contribution in [2.75, 3.05) is 0 Å². The number of fused-ring (bicyclic) bond motifs is 12. The molecule has 12 atom stereocenters. The van der Waals surface area contributed by atoms with Gasteiger partial charge in [0.2, 0.25) is 5.91 Å². The number of H-pyrrole nitrogens is 3. The van der Waals surface area contributed by atoms with Crippen LogP contribution in [0.3, 0.4) is 0 Å². The number of aromatic amines is 3. The highest BCUT2D eigenvalue weighted by molar-refractivity contribution is 7.90. The number of nitrogens with zero attached hydrogens (tertiary/aromatic N) is 16. The molecule has 20 heterocycles. The summed E-state index contributed by atoms with van der Waals surface area (Å²) in [5.74, 6) is -0.510. The zero-order chi connectivity index (χ0) is 72.4. The van der Waals surface area contributed by atoms with Crippen molar-refractivity contribution in [1.29, 1.82) is 0 Å². The number of carbonyl (C=O) groups is 1. The molecule has 0 spiro atoms. The first kappa shape index (κ1) is 65.5. The molecular weight excluding hydrogens is 1360 g/mol. The molecule has 8 aliphatic heterocycles. The number of nitrogens with two attached hydrogens (primary N) is 1. The lowest BCUT2D eigenvalue weighted by atomic mass is 9.86. The molecule has 28 heteroatoms. The van der Waals surface area contributed by atoms with Gasteiger partial charge in [-0.15, -0.1) is 0 Å². The highest BCUT2D eigenvalue weighted by Crippen LogP contribution is 2.47. The van der Waals surface area contributed by atoms with Crippen LogP contribution >= 0.6 is 0 Å². The van der Waals surface area contributed by atoms with E-state index in [1.807, 2.05) is 127 Å². The van der Waals surface area contributed by atoms with Crippen molar-refractivity contribution < 1.29 is 32.2 Å². The third-order valence-corrected chi connectivity index (χ3v) is 22.8. The number of hydrogen-bond acceptors (Lipinski definition) is 15. The molecule has 4 saturated heterocycles. The van der Waals surface area contributed by atoms with Crippen LogP contribution in [-0.2, 0) is 62.0 Å². The summed E-state index contributed by atoms with van der Waals surface area (Å²) < 4.78 is 58.8. The number of primary amides is 1. The number of ether oxygens (including phenoxy) is 4. The van der Waals surface area contributed by atoms with Gasteiger partial charge in [-0.05, 0) is 112 Å². The van der Waals surface area contributed by atoms with E-state index in [9.17, 15) is 13.2 Å². The first-order valence-corrected chi connectivity index (χ1v) is 36.0. The van der Waals surface area contributed by atoms with Gasteiger partial charge in [0.15, 0.2) is 24.0 Å². The minimum absolute atomic E-state index is 0.0223. The average molecular weight is 1430 g/mol. The number of carbonyl (C=O) groups excluding carboxylic acids is 1. The molecule has 5 N–H and O–H groups in total. The number of amides is 1. The smallest absolute Gasteiger partial charge is 0.269 e. The van der Waals surface area contributed by atoms with Gasteiger partial charge in [0.25, 0.3) is 28.1 Å². The van der Waals surface area contributed by atoms with Crippen molar-refractivity contribution in [2.24, 2.45) is 39.8 Å². The van der Waals surface area contributed by atoms with Gasteiger partial charge in [0.1, 0.15) is 16.9 Å². The maximum Gasteiger partial charge on any atom is 0.269 e. The van der Waals surface area contributed by atoms with E-state index in [-0.39, 0.29) is 83.7 Å². The molecule has 0 radical (unpaired) electrons. The number of benzene rings is 1. The zero-order valence-corrected chi connectivity index (χ0v) is 58.3. The molecule has 21 rings (SSSR count). The molecule has 0 aliphatic carbocycles. The fraction of sp³-hybridized carbons (Fsp3) is 0.256. The van der Waals surface area contributed by atoms with Crippen LogP contribution < -0.4 is 5.73 Å². The Balaban J connectivity index is 0.000000101. The van der Waals surface area contributed by atoms with Crippen LogP contribution in [0.5, 0.6) is 0 Å². The van der Waals surface area contributed by atoms with Gasteiger partial charge in [-0.1, -0.05) is 18.2 Å². The number of pyridine rings is 4. The van der Waals surface area contributed by atoms with Crippen molar-refractivity contribution >= 4 is 82.4 Å². The summed E-state index contributed by atoms with van der Waals surface area (Å²) in [6, 6.07) is 16.5. The van der Waals surface area contributed by atoms with Crippen LogP contribution in [0.15, 0.2) is 183 Å². The molecule has 13 aromatic rings. The Bertz CT molecular complexity index is 5950. The van der Waals surface area contributed by atoms with E-state index < -0.39 is 10.0 Å². The van der Waals surface area contributed by atoms with Crippen LogP contribution in [0, 0.1) is 25.6 Å². The Hall–Kier alpha value is -12.5. The minimum Gasteiger partial charge on any atom is -0.369 e. The Morgan fingerprint density at radius 2 is 0.802 bits per heavy atom. The lowest BCUT2D eigenvalue weighted by Crippen LogP contribution is -2.30. The Morgan fingerprint density at radius 1 is 0.453 bits per heavy atom. The summed E-state index contributed by atoms with van der Waals surface area (Å²) in [6.45, 7) is 21.8. The second-order valence-electron chi connectivity index (χ2n) is 27.7. The van der Waals surface area contributed by atoms with Crippen molar-refractivity contribution in [2.45, 2.75) is 97.5 Å². The molecule has 2 unspecified atom stereocenters. The molecule has 526 valence electrons. The molecule has 27 nitrogen and oxygen atoms in total. The quantitative estimate of drug-likeness (QED) is 0.0875. The van der Waals surface area contributed by atoms with Gasteiger partial charge in [-0.3, -0.25) is 23.5 Å². The largest absolute Gasteiger partial charge is 0.369 e. The van der Waals surface area contributed by atoms with Gasteiger partial charge < -0.3 is 54.2 Å². The third kappa shape index (κ3) is 11.4. The number of nitrogens with one attached hydrogen (secondary N) is 3. The van der Waals surface area contributed by atoms with Gasteiger partial charge >= 0.3 is 0 Å². The van der Waals surface area contributed by atoms with Crippen LogP contribution in [0.2, 0.25) is 0 Å². The van der Waals surface area contributed by atoms with E-state index in [0.717, 1.165) is 135 Å². The van der Waals surface area contributed by atoms with E-state index in [4.69, 9.17) is 44.4 Å². The normalized spacial score (nSPS) is 24.1. The first-order chi connectivity index (χ1) is 51.5. The van der Waals surface area contributed by atoms with Gasteiger partial charge in [0.05, 0.1) is 85.4 Å². The highest BCUT2D eigenvalue weighted by atomic mass is 32.2. The van der Waals surface area contributed by atoms with Gasteiger partial charge in [-0.25, -0.2) is 52.0 Å². The summed E-state index contributed by atoms with van der Waals surface area (Å²) in [5.41, 5.74) is 24.8. The Labute approximate surface area is 605 Å². The van der Waals surface area contributed by atoms with E-state index in [1.165, 1.54) is 3.97 Å². The molecule has 106 heavy (non-hydrogen) atoms. The SMILES string of the molecule is Cn1cc(-c2c[nH]c3ncc(C4=C[C@H]5O[C@@H]4CC5C(N)=O)cc23)cn1.[C-]#[N+]C1C[C@H]2O[C@@H]1C=C2c1cnc2c(c1)c(-c1cnn(C)c1)cn2S(=O)(=O)c1ccccc1.[C-]#[N+][C@@H]1C[C@H]2O[C@@H]1C=C2c1cnc2[nH]cc(-c3cnn(C)c3)c2c1.[C-]#[N+][C@H]1C[C@H]2O[C@@H]1C=C2c1cnc2[nH]cc(-c3cnn(C)c3)c2c1. The maximum absolute atomic E-state index is 13.5. The maximum atomic E-state index is 13.5. The average Bonchev–Trinajstić information content (AvgIpc) is 1.51. The minimum atomic E-state index is -3.84. The summed E-state index contributed by atoms with van der Waals surface area (Å²) in [5, 5.41) is 20.9. The van der Waals surface area contributed by atoms with Crippen molar-refractivity contribution in [3.05, 3.63) is 235 Å². The molecule has 12 aromatic heterocycles. The predicted molar refractivity (Wildman–Crippen MR) is 395 cm³/mol. The van der Waals surface area contributed by atoms with Crippen LogP contribution in [0.4, 0.5) is 0 Å². The van der Waals surface area contributed by atoms with Crippen LogP contribution in [0.25, 0.3) is 125 Å². The summed E-state index contributed by atoms with van der Waals surface area (Å²) in [6.07, 6.45) is 40.3. The van der Waals surface area contributed by atoms with E-state index in [0.29, 0.717) is 23.9 Å². The molecule has 1 amide bonds. The molecule has 1 aromatic carbocycles. The van der Waals surface area contributed by atoms with Crippen LogP contribution in [-0.4, -0.2) is 159 Å². The monoisotopic (exact) mass is 1430 g/mol.